The number of hydrogen-bond donors (Lipinski definition) is 0. The molecule has 0 atom stereocenters. The fourth-order valence-corrected chi connectivity index (χ4v) is 11.2. The molecule has 0 aliphatic heterocycles. The Morgan fingerprint density at radius 1 is 0.394 bits per heavy atom. The molecule has 0 saturated heterocycles. The Morgan fingerprint density at radius 2 is 0.727 bits per heavy atom. The Kier molecular flexibility index (Phi) is 9.07. The molecular weight excluding hydrogens is 623 g/mol. The van der Waals surface area contributed by atoms with Gasteiger partial charge in [-0.2, -0.15) is 0 Å². The van der Waals surface area contributed by atoms with Crippen molar-refractivity contribution in [2.24, 2.45) is 0 Å². The summed E-state index contributed by atoms with van der Waals surface area (Å²) in [5.74, 6) is 1.75. The van der Waals surface area contributed by atoms with E-state index in [9.17, 15) is 0 Å². The van der Waals surface area contributed by atoms with Crippen LogP contribution in [-0.4, -0.2) is 42.1 Å². The normalized spacial score (nSPS) is 10.2. The van der Waals surface area contributed by atoms with E-state index in [2.05, 4.69) is 91.0 Å². The topological polar surface area (TPSA) is 9.23 Å². The molecule has 5 rings (SSSR count). The van der Waals surface area contributed by atoms with Gasteiger partial charge in [0.05, 0.1) is 0 Å². The third-order valence-corrected chi connectivity index (χ3v) is 13.6. The van der Waals surface area contributed by atoms with Crippen LogP contribution >= 0.6 is 0 Å². The van der Waals surface area contributed by atoms with E-state index in [1.807, 2.05) is 76.9 Å². The van der Waals surface area contributed by atoms with Gasteiger partial charge in [0, 0.05) is 0 Å². The first-order valence-electron chi connectivity index (χ1n) is 10.8. The van der Waals surface area contributed by atoms with Gasteiger partial charge in [-0.05, 0) is 0 Å². The number of rotatable bonds is 5. The van der Waals surface area contributed by atoms with Gasteiger partial charge in [0.15, 0.2) is 0 Å². The van der Waals surface area contributed by atoms with Crippen molar-refractivity contribution in [1.82, 2.24) is 0 Å². The maximum absolute atomic E-state index is 5.63. The van der Waals surface area contributed by atoms with E-state index in [0.29, 0.717) is 0 Å². The van der Waals surface area contributed by atoms with E-state index in [1.165, 1.54) is 14.3 Å². The first-order valence-corrected chi connectivity index (χ1v) is 16.3. The third-order valence-electron chi connectivity index (χ3n) is 4.99. The number of para-hydroxylation sites is 1. The molecule has 0 unspecified atom stereocenters. The Hall–Kier alpha value is -2.51. The monoisotopic (exact) mass is 650 g/mol. The van der Waals surface area contributed by atoms with Crippen LogP contribution in [0.15, 0.2) is 146 Å². The molecule has 0 aromatic heterocycles. The van der Waals surface area contributed by atoms with E-state index < -0.39 is 19.8 Å². The van der Waals surface area contributed by atoms with E-state index in [1.54, 1.807) is 0 Å². The van der Waals surface area contributed by atoms with Gasteiger partial charge in [-0.3, -0.25) is 0 Å². The van der Waals surface area contributed by atoms with E-state index >= 15 is 0 Å². The van der Waals surface area contributed by atoms with E-state index in [0.717, 1.165) is 11.5 Å². The van der Waals surface area contributed by atoms with Crippen LogP contribution in [0.2, 0.25) is 0 Å². The second kappa shape index (κ2) is 12.7. The molecular formula is C30H24OSnTe. The average molecular weight is 647 g/mol. The predicted octanol–water partition coefficient (Wildman–Crippen LogP) is 4.48. The van der Waals surface area contributed by atoms with Crippen molar-refractivity contribution in [3.8, 4) is 11.5 Å². The van der Waals surface area contributed by atoms with Gasteiger partial charge in [0.1, 0.15) is 0 Å². The number of benzene rings is 5. The van der Waals surface area contributed by atoms with Crippen LogP contribution in [0.1, 0.15) is 0 Å². The second-order valence-electron chi connectivity index (χ2n) is 7.36. The Labute approximate surface area is 216 Å². The quantitative estimate of drug-likeness (QED) is 0.256. The first-order chi connectivity index (χ1) is 16.3. The molecule has 0 bridgehead atoms. The summed E-state index contributed by atoms with van der Waals surface area (Å²) in [6.07, 6.45) is 0. The zero-order chi connectivity index (χ0) is 22.7. The number of ether oxygens (including phenoxy) is 1. The van der Waals surface area contributed by atoms with E-state index in [-0.39, 0.29) is 0 Å². The molecule has 0 aliphatic carbocycles. The fourth-order valence-electron chi connectivity index (χ4n) is 3.45. The van der Waals surface area contributed by atoms with Gasteiger partial charge < -0.3 is 0 Å². The molecule has 0 fully saturated rings. The molecule has 5 aromatic rings. The second-order valence-corrected chi connectivity index (χ2v) is 15.8. The molecule has 160 valence electrons. The van der Waals surface area contributed by atoms with Crippen molar-refractivity contribution < 1.29 is 4.74 Å². The van der Waals surface area contributed by atoms with Gasteiger partial charge in [0.25, 0.3) is 0 Å². The zero-order valence-corrected chi connectivity index (χ0v) is 23.4. The summed E-state index contributed by atoms with van der Waals surface area (Å²) in [5, 5.41) is 0. The molecule has 0 N–H and O–H groups in total. The van der Waals surface area contributed by atoms with Crippen LogP contribution in [0.4, 0.5) is 0 Å². The summed E-state index contributed by atoms with van der Waals surface area (Å²) in [6.45, 7) is 0. The van der Waals surface area contributed by atoms with Crippen LogP contribution in [0.5, 0.6) is 11.5 Å². The van der Waals surface area contributed by atoms with Crippen LogP contribution in [-0.2, 0) is 0 Å². The standard InChI is InChI=1S/C12H9OTe.3C6H5.Sn/c14-12-8-6-11(7-9-12)13-10-4-2-1-3-5-10;3*1-2-4-6-5-3-1;/h1-9H;3*1-5H;. The number of hydrogen-bond acceptors (Lipinski definition) is 1. The van der Waals surface area contributed by atoms with Gasteiger partial charge in [-0.15, -0.1) is 0 Å². The Bertz CT molecular complexity index is 1120. The molecule has 0 spiro atoms. The van der Waals surface area contributed by atoms with Crippen LogP contribution < -0.4 is 19.1 Å². The minimum atomic E-state index is -1.98. The summed E-state index contributed by atoms with van der Waals surface area (Å²) in [6, 6.07) is 50.8. The molecule has 0 saturated carbocycles. The molecule has 3 heteroatoms. The van der Waals surface area contributed by atoms with Crippen molar-refractivity contribution in [2.75, 3.05) is 0 Å². The van der Waals surface area contributed by atoms with Gasteiger partial charge in [-0.25, -0.2) is 0 Å². The molecule has 2 radical (unpaired) electrons. The van der Waals surface area contributed by atoms with Crippen molar-refractivity contribution >= 4 is 56.4 Å². The van der Waals surface area contributed by atoms with Crippen molar-refractivity contribution in [1.29, 1.82) is 0 Å². The van der Waals surface area contributed by atoms with Crippen molar-refractivity contribution in [3.05, 3.63) is 146 Å². The van der Waals surface area contributed by atoms with E-state index in [4.69, 9.17) is 4.74 Å². The maximum atomic E-state index is 5.63. The van der Waals surface area contributed by atoms with Gasteiger partial charge in [-0.1, -0.05) is 0 Å². The summed E-state index contributed by atoms with van der Waals surface area (Å²) >= 11 is 0.0101. The minimum absolute atomic E-state index is 0.872. The van der Waals surface area contributed by atoms with Gasteiger partial charge in [0.2, 0.25) is 0 Å². The predicted molar refractivity (Wildman–Crippen MR) is 142 cm³/mol. The molecule has 33 heavy (non-hydrogen) atoms. The summed E-state index contributed by atoms with van der Waals surface area (Å²) < 4.78 is 11.5. The van der Waals surface area contributed by atoms with Gasteiger partial charge >= 0.3 is 218 Å². The molecule has 0 aliphatic rings. The summed E-state index contributed by atoms with van der Waals surface area (Å²) in [4.78, 5) is 0. The molecule has 5 aromatic carbocycles. The molecule has 1 nitrogen and oxygen atoms in total. The zero-order valence-electron chi connectivity index (χ0n) is 18.2. The van der Waals surface area contributed by atoms with Crippen LogP contribution in [0, 0.1) is 0 Å². The van der Waals surface area contributed by atoms with Crippen LogP contribution in [0.3, 0.4) is 0 Å². The SMILES string of the molecule is [Te]c1ccc(Oc2ccccc2)cc1.c1cc[c]([Sn]([c]2ccccc2)[c]2ccccc2)cc1. The third kappa shape index (κ3) is 7.24. The first kappa shape index (κ1) is 23.6. The molecule has 0 amide bonds. The van der Waals surface area contributed by atoms with Crippen molar-refractivity contribution in [3.63, 3.8) is 0 Å². The molecule has 0 heterocycles. The van der Waals surface area contributed by atoms with Crippen molar-refractivity contribution in [2.45, 2.75) is 0 Å². The Balaban J connectivity index is 0.000000165. The summed E-state index contributed by atoms with van der Waals surface area (Å²) in [7, 11) is 0. The summed E-state index contributed by atoms with van der Waals surface area (Å²) in [5.41, 5.74) is 0. The fraction of sp³-hybridized carbons (Fsp3) is 0. The Morgan fingerprint density at radius 3 is 1.12 bits per heavy atom. The van der Waals surface area contributed by atoms with Crippen LogP contribution in [0.25, 0.3) is 0 Å². The average Bonchev–Trinajstić information content (AvgIpc) is 2.89.